The van der Waals surface area contributed by atoms with Crippen LogP contribution in [0.4, 0.5) is 0 Å². The number of nitrogens with one attached hydrogen (secondary N) is 1. The normalized spacial score (nSPS) is 18.1. The van der Waals surface area contributed by atoms with Crippen LogP contribution < -0.4 is 0 Å². The highest BCUT2D eigenvalue weighted by Gasteiger charge is 2.24. The minimum atomic E-state index is 0.273. The van der Waals surface area contributed by atoms with E-state index in [1.54, 1.807) is 22.9 Å². The zero-order valence-electron chi connectivity index (χ0n) is 12.6. The van der Waals surface area contributed by atoms with Gasteiger partial charge in [-0.3, -0.25) is 4.79 Å². The highest BCUT2D eigenvalue weighted by molar-refractivity contribution is 8.00. The Morgan fingerprint density at radius 3 is 2.59 bits per heavy atom. The Labute approximate surface area is 134 Å². The number of para-hydroxylation sites is 1. The number of amides is 1. The number of carbonyl (C=O) groups excluding carboxylic acids is 1. The van der Waals surface area contributed by atoms with Gasteiger partial charge in [0.25, 0.3) is 0 Å². The first-order valence-corrected chi connectivity index (χ1v) is 8.96. The third kappa shape index (κ3) is 2.80. The summed E-state index contributed by atoms with van der Waals surface area (Å²) in [5.41, 5.74) is 4.43. The fraction of sp³-hybridized carbons (Fsp3) is 0.389. The summed E-state index contributed by atoms with van der Waals surface area (Å²) in [5, 5.41) is 1.21. The number of aromatic amines is 1. The number of likely N-dealkylation sites (tertiary alicyclic amines) is 1. The van der Waals surface area contributed by atoms with Crippen LogP contribution in [0, 0.1) is 0 Å². The van der Waals surface area contributed by atoms with Gasteiger partial charge in [-0.15, -0.1) is 11.8 Å². The van der Waals surface area contributed by atoms with Gasteiger partial charge in [-0.05, 0) is 31.7 Å². The van der Waals surface area contributed by atoms with Gasteiger partial charge in [0, 0.05) is 35.1 Å². The molecular weight excluding hydrogens is 292 g/mol. The molecule has 4 rings (SSSR count). The first-order valence-electron chi connectivity index (χ1n) is 7.98. The van der Waals surface area contributed by atoms with Crippen molar-refractivity contribution < 1.29 is 4.79 Å². The first kappa shape index (κ1) is 13.9. The van der Waals surface area contributed by atoms with Crippen molar-refractivity contribution in [1.82, 2.24) is 9.88 Å². The van der Waals surface area contributed by atoms with Crippen LogP contribution in [0.1, 0.15) is 25.7 Å². The lowest BCUT2D eigenvalue weighted by atomic mass is 10.0. The van der Waals surface area contributed by atoms with Crippen LogP contribution in [-0.4, -0.2) is 34.6 Å². The van der Waals surface area contributed by atoms with E-state index in [9.17, 15) is 4.79 Å². The number of aromatic nitrogens is 1. The summed E-state index contributed by atoms with van der Waals surface area (Å²) in [6, 6.07) is 8.24. The van der Waals surface area contributed by atoms with E-state index < -0.39 is 0 Å². The molecule has 4 heteroatoms. The third-order valence-electron chi connectivity index (χ3n) is 4.62. The second-order valence-corrected chi connectivity index (χ2v) is 7.09. The molecule has 0 spiro atoms. The maximum atomic E-state index is 12.4. The Kier molecular flexibility index (Phi) is 3.70. The Bertz CT molecular complexity index is 730. The summed E-state index contributed by atoms with van der Waals surface area (Å²) in [6.45, 7) is 1.82. The molecule has 22 heavy (non-hydrogen) atoms. The van der Waals surface area contributed by atoms with Crippen LogP contribution in [0.5, 0.6) is 0 Å². The molecule has 0 unspecified atom stereocenters. The van der Waals surface area contributed by atoms with Crippen LogP contribution in [-0.2, 0) is 4.79 Å². The highest BCUT2D eigenvalue weighted by Crippen LogP contribution is 2.36. The number of hydrogen-bond donors (Lipinski definition) is 1. The zero-order valence-corrected chi connectivity index (χ0v) is 13.4. The molecule has 2 aromatic rings. The van der Waals surface area contributed by atoms with Crippen molar-refractivity contribution >= 4 is 28.6 Å². The Hall–Kier alpha value is -1.68. The average molecular weight is 312 g/mol. The lowest BCUT2D eigenvalue weighted by Gasteiger charge is -2.28. The Morgan fingerprint density at radius 2 is 1.82 bits per heavy atom. The predicted octanol–water partition coefficient (Wildman–Crippen LogP) is 3.97. The molecule has 0 atom stereocenters. The van der Waals surface area contributed by atoms with Crippen LogP contribution in [0.25, 0.3) is 10.9 Å². The van der Waals surface area contributed by atoms with Crippen LogP contribution in [0.15, 0.2) is 46.5 Å². The smallest absolute Gasteiger partial charge is 0.232 e. The summed E-state index contributed by atoms with van der Waals surface area (Å²) in [5.74, 6) is 0.809. The van der Waals surface area contributed by atoms with Crippen molar-refractivity contribution in [3.63, 3.8) is 0 Å². The lowest BCUT2D eigenvalue weighted by Crippen LogP contribution is -2.37. The van der Waals surface area contributed by atoms with Gasteiger partial charge in [-0.25, -0.2) is 0 Å². The molecule has 2 aliphatic rings. The summed E-state index contributed by atoms with van der Waals surface area (Å²) in [6.07, 6.45) is 6.81. The quantitative estimate of drug-likeness (QED) is 0.687. The maximum Gasteiger partial charge on any atom is 0.232 e. The van der Waals surface area contributed by atoms with E-state index in [0.717, 1.165) is 31.4 Å². The van der Waals surface area contributed by atoms with Gasteiger partial charge in [0.15, 0.2) is 0 Å². The SMILES string of the molecule is O=C(CSc1c[nH]c2ccccc12)N1CCC(=C2CC2)CC1. The number of thioether (sulfide) groups is 1. The summed E-state index contributed by atoms with van der Waals surface area (Å²) >= 11 is 1.64. The average Bonchev–Trinajstić information content (AvgIpc) is 3.34. The van der Waals surface area contributed by atoms with Crippen LogP contribution >= 0.6 is 11.8 Å². The molecule has 1 aliphatic carbocycles. The third-order valence-corrected chi connectivity index (χ3v) is 5.66. The monoisotopic (exact) mass is 312 g/mol. The number of nitrogens with zero attached hydrogens (tertiary/aromatic N) is 1. The molecule has 0 bridgehead atoms. The van der Waals surface area contributed by atoms with Crippen molar-refractivity contribution in [1.29, 1.82) is 0 Å². The number of fused-ring (bicyclic) bond motifs is 1. The van der Waals surface area contributed by atoms with Crippen molar-refractivity contribution in [2.45, 2.75) is 30.6 Å². The van der Waals surface area contributed by atoms with Gasteiger partial charge >= 0.3 is 0 Å². The van der Waals surface area contributed by atoms with E-state index in [1.165, 1.54) is 23.1 Å². The molecule has 1 aliphatic heterocycles. The lowest BCUT2D eigenvalue weighted by molar-refractivity contribution is -0.128. The van der Waals surface area contributed by atoms with E-state index in [4.69, 9.17) is 0 Å². The van der Waals surface area contributed by atoms with E-state index in [0.29, 0.717) is 5.75 Å². The summed E-state index contributed by atoms with van der Waals surface area (Å²) in [4.78, 5) is 18.9. The number of allylic oxidation sites excluding steroid dienone is 1. The zero-order chi connectivity index (χ0) is 14.9. The molecule has 0 radical (unpaired) electrons. The van der Waals surface area contributed by atoms with E-state index in [-0.39, 0.29) is 5.91 Å². The summed E-state index contributed by atoms with van der Waals surface area (Å²) in [7, 11) is 0. The standard InChI is InChI=1S/C18H20N2OS/c21-18(20-9-7-14(8-10-20)13-5-6-13)12-22-17-11-19-16-4-2-1-3-15(16)17/h1-4,11,19H,5-10,12H2. The van der Waals surface area contributed by atoms with E-state index >= 15 is 0 Å². The molecule has 1 saturated carbocycles. The number of hydrogen-bond acceptors (Lipinski definition) is 2. The van der Waals surface area contributed by atoms with Gasteiger partial charge < -0.3 is 9.88 Å². The topological polar surface area (TPSA) is 36.1 Å². The van der Waals surface area contributed by atoms with Gasteiger partial charge in [-0.2, -0.15) is 0 Å². The van der Waals surface area contributed by atoms with Crippen LogP contribution in [0.2, 0.25) is 0 Å². The Balaban J connectivity index is 1.35. The molecule has 2 heterocycles. The van der Waals surface area contributed by atoms with E-state index in [2.05, 4.69) is 17.1 Å². The van der Waals surface area contributed by atoms with Crippen LogP contribution in [0.3, 0.4) is 0 Å². The van der Waals surface area contributed by atoms with Crippen molar-refractivity contribution in [2.24, 2.45) is 0 Å². The minimum Gasteiger partial charge on any atom is -0.360 e. The maximum absolute atomic E-state index is 12.4. The second kappa shape index (κ2) is 5.84. The number of benzene rings is 1. The molecule has 3 nitrogen and oxygen atoms in total. The Morgan fingerprint density at radius 1 is 1.09 bits per heavy atom. The van der Waals surface area contributed by atoms with Crippen molar-refractivity contribution in [3.8, 4) is 0 Å². The minimum absolute atomic E-state index is 0.273. The molecule has 114 valence electrons. The fourth-order valence-electron chi connectivity index (χ4n) is 3.19. The first-order chi connectivity index (χ1) is 10.8. The highest BCUT2D eigenvalue weighted by atomic mass is 32.2. The second-order valence-electron chi connectivity index (χ2n) is 6.08. The molecule has 1 aromatic carbocycles. The van der Waals surface area contributed by atoms with Gasteiger partial charge in [0.1, 0.15) is 0 Å². The number of rotatable bonds is 3. The molecule has 1 saturated heterocycles. The van der Waals surface area contributed by atoms with Gasteiger partial charge in [-0.1, -0.05) is 29.3 Å². The van der Waals surface area contributed by atoms with Crippen molar-refractivity contribution in [3.05, 3.63) is 41.6 Å². The molecule has 2 fully saturated rings. The van der Waals surface area contributed by atoms with Gasteiger partial charge in [0.05, 0.1) is 5.75 Å². The largest absolute Gasteiger partial charge is 0.360 e. The molecule has 1 aromatic heterocycles. The summed E-state index contributed by atoms with van der Waals surface area (Å²) < 4.78 is 0. The molecular formula is C18H20N2OS. The predicted molar refractivity (Wildman–Crippen MR) is 91.1 cm³/mol. The fourth-order valence-corrected chi connectivity index (χ4v) is 4.13. The number of piperidine rings is 1. The van der Waals surface area contributed by atoms with Crippen molar-refractivity contribution in [2.75, 3.05) is 18.8 Å². The molecule has 1 N–H and O–H groups in total. The van der Waals surface area contributed by atoms with E-state index in [1.807, 2.05) is 23.2 Å². The molecule has 1 amide bonds. The number of carbonyl (C=O) groups is 1. The van der Waals surface area contributed by atoms with Gasteiger partial charge in [0.2, 0.25) is 5.91 Å². The number of H-pyrrole nitrogens is 1.